The van der Waals surface area contributed by atoms with Crippen LogP contribution in [0, 0.1) is 0 Å². The average molecular weight is 414 g/mol. The standard InChI is InChI=1S/C20H22F3N3O.ClH/c1-14(15-4-6-17(7-5-15)20(21,22)23)11-19(27)26-10-9-25-13-18(26)16-3-2-8-24-12-16;/h2-8,12,14,18,25H,9-11,13H2,1H3;1H. The van der Waals surface area contributed by atoms with E-state index in [1.165, 1.54) is 12.1 Å². The molecule has 3 rings (SSSR count). The number of nitrogens with one attached hydrogen (secondary N) is 1. The van der Waals surface area contributed by atoms with Crippen LogP contribution >= 0.6 is 12.4 Å². The van der Waals surface area contributed by atoms with Crippen molar-refractivity contribution in [2.45, 2.75) is 31.5 Å². The molecule has 152 valence electrons. The summed E-state index contributed by atoms with van der Waals surface area (Å²) >= 11 is 0. The predicted octanol–water partition coefficient (Wildman–Crippen LogP) is 4.19. The SMILES string of the molecule is CC(CC(=O)N1CCNCC1c1cccnc1)c1ccc(C(F)(F)F)cc1.Cl. The van der Waals surface area contributed by atoms with Crippen LogP contribution in [0.2, 0.25) is 0 Å². The number of hydrogen-bond acceptors (Lipinski definition) is 3. The molecule has 0 bridgehead atoms. The van der Waals surface area contributed by atoms with Crippen LogP contribution < -0.4 is 5.32 Å². The van der Waals surface area contributed by atoms with Gasteiger partial charge in [0.2, 0.25) is 5.91 Å². The van der Waals surface area contributed by atoms with E-state index in [0.29, 0.717) is 13.1 Å². The summed E-state index contributed by atoms with van der Waals surface area (Å²) in [5.41, 5.74) is 1.02. The van der Waals surface area contributed by atoms with Crippen molar-refractivity contribution < 1.29 is 18.0 Å². The molecule has 2 heterocycles. The topological polar surface area (TPSA) is 45.2 Å². The van der Waals surface area contributed by atoms with Gasteiger partial charge in [-0.3, -0.25) is 9.78 Å². The fourth-order valence-electron chi connectivity index (χ4n) is 3.37. The highest BCUT2D eigenvalue weighted by Gasteiger charge is 2.31. The van der Waals surface area contributed by atoms with Crippen LogP contribution in [-0.2, 0) is 11.0 Å². The van der Waals surface area contributed by atoms with Gasteiger partial charge in [0.25, 0.3) is 0 Å². The van der Waals surface area contributed by atoms with E-state index in [1.54, 1.807) is 12.4 Å². The third kappa shape index (κ3) is 5.23. The molecule has 1 aliphatic rings. The van der Waals surface area contributed by atoms with E-state index < -0.39 is 11.7 Å². The molecule has 8 heteroatoms. The Morgan fingerprint density at radius 2 is 2.00 bits per heavy atom. The van der Waals surface area contributed by atoms with Gasteiger partial charge < -0.3 is 10.2 Å². The first-order valence-corrected chi connectivity index (χ1v) is 8.93. The summed E-state index contributed by atoms with van der Waals surface area (Å²) in [6.45, 7) is 3.84. The first kappa shape index (κ1) is 22.2. The molecule has 0 spiro atoms. The third-order valence-electron chi connectivity index (χ3n) is 4.92. The molecule has 4 nitrogen and oxygen atoms in total. The highest BCUT2D eigenvalue weighted by Crippen LogP contribution is 2.31. The Bertz CT molecular complexity index is 769. The summed E-state index contributed by atoms with van der Waals surface area (Å²) in [7, 11) is 0. The van der Waals surface area contributed by atoms with Gasteiger partial charge >= 0.3 is 6.18 Å². The van der Waals surface area contributed by atoms with Crippen molar-refractivity contribution in [1.82, 2.24) is 15.2 Å². The second kappa shape index (κ2) is 9.39. The lowest BCUT2D eigenvalue weighted by atomic mass is 9.95. The lowest BCUT2D eigenvalue weighted by molar-refractivity contribution is -0.138. The Morgan fingerprint density at radius 3 is 2.61 bits per heavy atom. The van der Waals surface area contributed by atoms with Gasteiger partial charge in [0, 0.05) is 38.4 Å². The molecule has 2 aromatic rings. The molecular formula is C20H23ClF3N3O. The summed E-state index contributed by atoms with van der Waals surface area (Å²) in [4.78, 5) is 18.9. The summed E-state index contributed by atoms with van der Waals surface area (Å²) < 4.78 is 38.1. The van der Waals surface area contributed by atoms with Crippen LogP contribution in [0.3, 0.4) is 0 Å². The smallest absolute Gasteiger partial charge is 0.333 e. The first-order chi connectivity index (χ1) is 12.9. The largest absolute Gasteiger partial charge is 0.416 e. The Morgan fingerprint density at radius 1 is 1.29 bits per heavy atom. The maximum atomic E-state index is 12.9. The molecule has 0 aliphatic carbocycles. The fourth-order valence-corrected chi connectivity index (χ4v) is 3.37. The Kier molecular flexibility index (Phi) is 7.43. The number of carbonyl (C=O) groups is 1. The van der Waals surface area contributed by atoms with Crippen molar-refractivity contribution in [2.24, 2.45) is 0 Å². The van der Waals surface area contributed by atoms with Gasteiger partial charge in [-0.25, -0.2) is 0 Å². The summed E-state index contributed by atoms with van der Waals surface area (Å²) in [5.74, 6) is -0.165. The van der Waals surface area contributed by atoms with Crippen molar-refractivity contribution in [3.05, 3.63) is 65.5 Å². The number of alkyl halides is 3. The molecule has 1 aliphatic heterocycles. The van der Waals surface area contributed by atoms with Crippen LogP contribution in [-0.4, -0.2) is 35.4 Å². The van der Waals surface area contributed by atoms with E-state index in [2.05, 4.69) is 10.3 Å². The molecule has 1 fully saturated rings. The number of nitrogens with zero attached hydrogens (tertiary/aromatic N) is 2. The number of aromatic nitrogens is 1. The van der Waals surface area contributed by atoms with Gasteiger partial charge in [0.1, 0.15) is 0 Å². The number of carbonyl (C=O) groups excluding carboxylic acids is 1. The van der Waals surface area contributed by atoms with E-state index in [0.717, 1.165) is 29.8 Å². The van der Waals surface area contributed by atoms with Gasteiger partial charge in [0.05, 0.1) is 11.6 Å². The summed E-state index contributed by atoms with van der Waals surface area (Å²) in [6.07, 6.45) is -0.646. The van der Waals surface area contributed by atoms with Crippen molar-refractivity contribution in [1.29, 1.82) is 0 Å². The van der Waals surface area contributed by atoms with Crippen LogP contribution in [0.25, 0.3) is 0 Å². The minimum absolute atomic E-state index is 0. The molecule has 1 saturated heterocycles. The monoisotopic (exact) mass is 413 g/mol. The number of amides is 1. The summed E-state index contributed by atoms with van der Waals surface area (Å²) in [6, 6.07) is 8.76. The molecule has 0 radical (unpaired) electrons. The third-order valence-corrected chi connectivity index (χ3v) is 4.92. The number of piperazine rings is 1. The minimum Gasteiger partial charge on any atom is -0.333 e. The van der Waals surface area contributed by atoms with Crippen molar-refractivity contribution in [3.8, 4) is 0 Å². The molecule has 1 N–H and O–H groups in total. The number of halogens is 4. The van der Waals surface area contributed by atoms with E-state index in [9.17, 15) is 18.0 Å². The van der Waals surface area contributed by atoms with Crippen molar-refractivity contribution in [3.63, 3.8) is 0 Å². The molecule has 2 unspecified atom stereocenters. The Hall–Kier alpha value is -2.12. The number of benzene rings is 1. The maximum Gasteiger partial charge on any atom is 0.416 e. The van der Waals surface area contributed by atoms with Crippen LogP contribution in [0.4, 0.5) is 13.2 Å². The lowest BCUT2D eigenvalue weighted by Crippen LogP contribution is -2.48. The maximum absolute atomic E-state index is 12.9. The second-order valence-electron chi connectivity index (χ2n) is 6.82. The quantitative estimate of drug-likeness (QED) is 0.817. The van der Waals surface area contributed by atoms with E-state index >= 15 is 0 Å². The molecule has 1 aromatic heterocycles. The van der Waals surface area contributed by atoms with Gasteiger partial charge in [-0.05, 0) is 35.2 Å². The van der Waals surface area contributed by atoms with Gasteiger partial charge in [-0.2, -0.15) is 13.2 Å². The van der Waals surface area contributed by atoms with Crippen LogP contribution in [0.5, 0.6) is 0 Å². The van der Waals surface area contributed by atoms with Gasteiger partial charge in [0.15, 0.2) is 0 Å². The predicted molar refractivity (Wildman–Crippen MR) is 103 cm³/mol. The number of rotatable bonds is 4. The highest BCUT2D eigenvalue weighted by atomic mass is 35.5. The number of hydrogen-bond donors (Lipinski definition) is 1. The number of pyridine rings is 1. The zero-order valence-corrected chi connectivity index (χ0v) is 16.3. The Labute approximate surface area is 168 Å². The molecular weight excluding hydrogens is 391 g/mol. The van der Waals surface area contributed by atoms with Crippen molar-refractivity contribution >= 4 is 18.3 Å². The van der Waals surface area contributed by atoms with Crippen LogP contribution in [0.1, 0.15) is 42.0 Å². The van der Waals surface area contributed by atoms with E-state index in [-0.39, 0.29) is 36.7 Å². The highest BCUT2D eigenvalue weighted by molar-refractivity contribution is 5.85. The molecule has 2 atom stereocenters. The molecule has 0 saturated carbocycles. The minimum atomic E-state index is -4.35. The zero-order chi connectivity index (χ0) is 19.4. The summed E-state index contributed by atoms with van der Waals surface area (Å²) in [5, 5.41) is 3.30. The van der Waals surface area contributed by atoms with Gasteiger partial charge in [-0.1, -0.05) is 25.1 Å². The van der Waals surface area contributed by atoms with Gasteiger partial charge in [-0.15, -0.1) is 12.4 Å². The lowest BCUT2D eigenvalue weighted by Gasteiger charge is -2.37. The molecule has 1 aromatic carbocycles. The molecule has 1 amide bonds. The zero-order valence-electron chi connectivity index (χ0n) is 15.4. The van der Waals surface area contributed by atoms with Crippen molar-refractivity contribution in [2.75, 3.05) is 19.6 Å². The van der Waals surface area contributed by atoms with E-state index in [1.807, 2.05) is 24.0 Å². The molecule has 28 heavy (non-hydrogen) atoms. The average Bonchev–Trinajstić information content (AvgIpc) is 2.68. The van der Waals surface area contributed by atoms with E-state index in [4.69, 9.17) is 0 Å². The fraction of sp³-hybridized carbons (Fsp3) is 0.400. The Balaban J connectivity index is 0.00000280. The van der Waals surface area contributed by atoms with Crippen LogP contribution in [0.15, 0.2) is 48.8 Å². The first-order valence-electron chi connectivity index (χ1n) is 8.93. The normalized spacial score (nSPS) is 18.3. The second-order valence-corrected chi connectivity index (χ2v) is 6.82.